The highest BCUT2D eigenvalue weighted by atomic mass is 35.5. The topological polar surface area (TPSA) is 38.2 Å². The molecule has 0 spiro atoms. The number of hydrogen-bond donors (Lipinski definition) is 0. The van der Waals surface area contributed by atoms with Gasteiger partial charge in [0.25, 0.3) is 0 Å². The molecule has 0 aliphatic heterocycles. The summed E-state index contributed by atoms with van der Waals surface area (Å²) in [7, 11) is 0. The van der Waals surface area contributed by atoms with E-state index in [0.29, 0.717) is 11.8 Å². The predicted molar refractivity (Wildman–Crippen MR) is 70.9 cm³/mol. The lowest BCUT2D eigenvalue weighted by atomic mass is 10.3. The second-order valence-electron chi connectivity index (χ2n) is 3.79. The third kappa shape index (κ3) is 3.82. The van der Waals surface area contributed by atoms with Crippen LogP contribution in [0.2, 0.25) is 5.15 Å². The number of likely N-dealkylation sites (N-methyl/N-ethyl adjacent to an activating group) is 1. The summed E-state index contributed by atoms with van der Waals surface area (Å²) in [6, 6.07) is 0. The van der Waals surface area contributed by atoms with E-state index in [9.17, 15) is 0 Å². The molecule has 5 heteroatoms. The number of rotatable bonds is 6. The molecule has 0 aliphatic rings. The lowest BCUT2D eigenvalue weighted by molar-refractivity contribution is 0.154. The van der Waals surface area contributed by atoms with Crippen LogP contribution < -0.4 is 4.90 Å². The van der Waals surface area contributed by atoms with Gasteiger partial charge in [-0.05, 0) is 27.7 Å². The number of aryl methyl sites for hydroxylation is 2. The fraction of sp³-hybridized carbons (Fsp3) is 0.667. The lowest BCUT2D eigenvalue weighted by Crippen LogP contribution is -2.28. The Morgan fingerprint density at radius 2 is 1.82 bits per heavy atom. The fourth-order valence-electron chi connectivity index (χ4n) is 1.50. The average molecular weight is 258 g/mol. The largest absolute Gasteiger partial charge is 0.380 e. The number of nitrogens with zero attached hydrogens (tertiary/aromatic N) is 3. The van der Waals surface area contributed by atoms with E-state index in [1.807, 2.05) is 20.8 Å². The van der Waals surface area contributed by atoms with E-state index >= 15 is 0 Å². The van der Waals surface area contributed by atoms with Crippen LogP contribution in [-0.2, 0) is 4.74 Å². The average Bonchev–Trinajstić information content (AvgIpc) is 2.30. The van der Waals surface area contributed by atoms with Crippen molar-refractivity contribution in [3.63, 3.8) is 0 Å². The van der Waals surface area contributed by atoms with E-state index in [1.54, 1.807) is 0 Å². The van der Waals surface area contributed by atoms with Gasteiger partial charge in [-0.25, -0.2) is 9.97 Å². The van der Waals surface area contributed by atoms with Crippen molar-refractivity contribution in [2.75, 3.05) is 31.2 Å². The smallest absolute Gasteiger partial charge is 0.171 e. The summed E-state index contributed by atoms with van der Waals surface area (Å²) < 4.78 is 5.35. The SMILES string of the molecule is CCOCCN(CC)c1nc(C)c(C)nc1Cl. The minimum atomic E-state index is 0.464. The lowest BCUT2D eigenvalue weighted by Gasteiger charge is -2.23. The highest BCUT2D eigenvalue weighted by molar-refractivity contribution is 6.31. The van der Waals surface area contributed by atoms with E-state index in [-0.39, 0.29) is 0 Å². The van der Waals surface area contributed by atoms with Crippen molar-refractivity contribution < 1.29 is 4.74 Å². The van der Waals surface area contributed by atoms with Crippen LogP contribution in [0.5, 0.6) is 0 Å². The Balaban J connectivity index is 2.84. The van der Waals surface area contributed by atoms with Crippen LogP contribution in [0.3, 0.4) is 0 Å². The summed E-state index contributed by atoms with van der Waals surface area (Å²) in [5, 5.41) is 0.464. The number of ether oxygens (including phenoxy) is 1. The van der Waals surface area contributed by atoms with Gasteiger partial charge in [-0.1, -0.05) is 11.6 Å². The highest BCUT2D eigenvalue weighted by Crippen LogP contribution is 2.22. The minimum Gasteiger partial charge on any atom is -0.380 e. The van der Waals surface area contributed by atoms with Gasteiger partial charge in [-0.3, -0.25) is 0 Å². The van der Waals surface area contributed by atoms with Crippen molar-refractivity contribution >= 4 is 17.4 Å². The highest BCUT2D eigenvalue weighted by Gasteiger charge is 2.13. The fourth-order valence-corrected chi connectivity index (χ4v) is 1.79. The van der Waals surface area contributed by atoms with Crippen LogP contribution in [-0.4, -0.2) is 36.3 Å². The molecule has 1 aromatic heterocycles. The van der Waals surface area contributed by atoms with Gasteiger partial charge in [0, 0.05) is 19.7 Å². The Bertz CT molecular complexity index is 371. The predicted octanol–water partition coefficient (Wildman–Crippen LogP) is 2.61. The molecule has 0 radical (unpaired) electrons. The van der Waals surface area contributed by atoms with E-state index < -0.39 is 0 Å². The van der Waals surface area contributed by atoms with Gasteiger partial charge >= 0.3 is 0 Å². The summed E-state index contributed by atoms with van der Waals surface area (Å²) in [6.07, 6.45) is 0. The van der Waals surface area contributed by atoms with Gasteiger partial charge in [0.05, 0.1) is 18.0 Å². The maximum atomic E-state index is 6.13. The molecule has 0 N–H and O–H groups in total. The van der Waals surface area contributed by atoms with E-state index in [0.717, 1.165) is 36.9 Å². The Morgan fingerprint density at radius 3 is 2.41 bits per heavy atom. The second kappa shape index (κ2) is 6.77. The van der Waals surface area contributed by atoms with Crippen LogP contribution in [0.1, 0.15) is 25.2 Å². The maximum Gasteiger partial charge on any atom is 0.171 e. The molecule has 1 rings (SSSR count). The van der Waals surface area contributed by atoms with Gasteiger partial charge in [0.15, 0.2) is 11.0 Å². The van der Waals surface area contributed by atoms with Crippen LogP contribution in [0.25, 0.3) is 0 Å². The molecule has 0 bridgehead atoms. The number of hydrogen-bond acceptors (Lipinski definition) is 4. The third-order valence-corrected chi connectivity index (χ3v) is 2.89. The molecular formula is C12H20ClN3O. The van der Waals surface area contributed by atoms with Crippen molar-refractivity contribution in [2.24, 2.45) is 0 Å². The molecule has 17 heavy (non-hydrogen) atoms. The van der Waals surface area contributed by atoms with E-state index in [2.05, 4.69) is 21.8 Å². The number of halogens is 1. The van der Waals surface area contributed by atoms with Gasteiger partial charge < -0.3 is 9.64 Å². The Hall–Kier alpha value is -0.870. The number of anilines is 1. The van der Waals surface area contributed by atoms with Crippen molar-refractivity contribution in [3.05, 3.63) is 16.5 Å². The van der Waals surface area contributed by atoms with Crippen molar-refractivity contribution in [3.8, 4) is 0 Å². The van der Waals surface area contributed by atoms with Crippen LogP contribution in [0.4, 0.5) is 5.82 Å². The Kier molecular flexibility index (Phi) is 5.65. The first-order valence-corrected chi connectivity index (χ1v) is 6.31. The molecular weight excluding hydrogens is 238 g/mol. The maximum absolute atomic E-state index is 6.13. The molecule has 1 aromatic rings. The van der Waals surface area contributed by atoms with Crippen molar-refractivity contribution in [1.29, 1.82) is 0 Å². The summed E-state index contributed by atoms with van der Waals surface area (Å²) >= 11 is 6.13. The van der Waals surface area contributed by atoms with Crippen LogP contribution in [0, 0.1) is 13.8 Å². The molecule has 0 unspecified atom stereocenters. The second-order valence-corrected chi connectivity index (χ2v) is 4.14. The van der Waals surface area contributed by atoms with Crippen LogP contribution >= 0.6 is 11.6 Å². The molecule has 4 nitrogen and oxygen atoms in total. The summed E-state index contributed by atoms with van der Waals surface area (Å²) in [5.74, 6) is 0.747. The minimum absolute atomic E-state index is 0.464. The van der Waals surface area contributed by atoms with Gasteiger partial charge in [0.2, 0.25) is 0 Å². The first-order valence-electron chi connectivity index (χ1n) is 5.93. The summed E-state index contributed by atoms with van der Waals surface area (Å²) in [5.41, 5.74) is 1.79. The normalized spacial score (nSPS) is 10.6. The standard InChI is InChI=1S/C12H20ClN3O/c1-5-16(7-8-17-6-2)12-11(13)14-9(3)10(4)15-12/h5-8H2,1-4H3. The molecule has 0 saturated carbocycles. The molecule has 0 fully saturated rings. The molecule has 1 heterocycles. The monoisotopic (exact) mass is 257 g/mol. The van der Waals surface area contributed by atoms with Gasteiger partial charge in [0.1, 0.15) is 0 Å². The first kappa shape index (κ1) is 14.2. The Morgan fingerprint density at radius 1 is 1.18 bits per heavy atom. The zero-order valence-electron chi connectivity index (χ0n) is 11.0. The zero-order valence-corrected chi connectivity index (χ0v) is 11.7. The van der Waals surface area contributed by atoms with E-state index in [4.69, 9.17) is 16.3 Å². The first-order chi connectivity index (χ1) is 8.10. The van der Waals surface area contributed by atoms with Gasteiger partial charge in [-0.15, -0.1) is 0 Å². The quantitative estimate of drug-likeness (QED) is 0.735. The Labute approximate surface area is 108 Å². The van der Waals surface area contributed by atoms with Crippen molar-refractivity contribution in [2.45, 2.75) is 27.7 Å². The summed E-state index contributed by atoms with van der Waals surface area (Å²) in [6.45, 7) is 10.9. The molecule has 0 aromatic carbocycles. The molecule has 96 valence electrons. The number of aromatic nitrogens is 2. The molecule has 0 amide bonds. The summed E-state index contributed by atoms with van der Waals surface area (Å²) in [4.78, 5) is 10.9. The van der Waals surface area contributed by atoms with Crippen molar-refractivity contribution in [1.82, 2.24) is 9.97 Å². The molecule has 0 aliphatic carbocycles. The van der Waals surface area contributed by atoms with Crippen LogP contribution in [0.15, 0.2) is 0 Å². The van der Waals surface area contributed by atoms with E-state index in [1.165, 1.54) is 0 Å². The zero-order chi connectivity index (χ0) is 12.8. The molecule has 0 atom stereocenters. The third-order valence-electron chi connectivity index (χ3n) is 2.64. The van der Waals surface area contributed by atoms with Gasteiger partial charge in [-0.2, -0.15) is 0 Å². The molecule has 0 saturated heterocycles.